The molecule has 2 aromatic carbocycles. The third kappa shape index (κ3) is 6.56. The lowest BCUT2D eigenvalue weighted by Crippen LogP contribution is -2.42. The molecule has 0 bridgehead atoms. The van der Waals surface area contributed by atoms with Crippen molar-refractivity contribution in [3.8, 4) is 0 Å². The summed E-state index contributed by atoms with van der Waals surface area (Å²) in [4.78, 5) is 29.7. The molecule has 0 radical (unpaired) electrons. The van der Waals surface area contributed by atoms with Gasteiger partial charge in [-0.1, -0.05) is 53.2 Å². The summed E-state index contributed by atoms with van der Waals surface area (Å²) in [6.45, 7) is 5.22. The molecular weight excluding hydrogens is 456 g/mol. The topological polar surface area (TPSA) is 53.8 Å². The number of rotatable bonds is 9. The van der Waals surface area contributed by atoms with Crippen LogP contribution in [0.5, 0.6) is 0 Å². The second-order valence-electron chi connectivity index (χ2n) is 7.48. The number of carbonyl (C=O) groups is 2. The maximum Gasteiger partial charge on any atom is 0.254 e. The van der Waals surface area contributed by atoms with E-state index in [-0.39, 0.29) is 18.4 Å². The van der Waals surface area contributed by atoms with Gasteiger partial charge in [0.05, 0.1) is 6.54 Å². The van der Waals surface area contributed by atoms with Crippen LogP contribution in [-0.2, 0) is 17.9 Å². The molecule has 0 fully saturated rings. The van der Waals surface area contributed by atoms with Gasteiger partial charge < -0.3 is 14.2 Å². The van der Waals surface area contributed by atoms with Gasteiger partial charge in [-0.2, -0.15) is 0 Å². The summed E-state index contributed by atoms with van der Waals surface area (Å²) in [6, 6.07) is 20.8. The molecule has 5 nitrogen and oxygen atoms in total. The van der Waals surface area contributed by atoms with E-state index in [1.807, 2.05) is 68.4 Å². The standard InChI is InChI=1S/C25H27BrN2O3/c1-3-15-27(25(30)21-10-12-22(26)13-11-21)18-24(29)28(16-20-7-5-4-6-8-20)17-23-14-9-19(2)31-23/h4-14H,3,15-18H2,1-2H3. The lowest BCUT2D eigenvalue weighted by Gasteiger charge is -2.27. The van der Waals surface area contributed by atoms with Crippen molar-refractivity contribution in [2.75, 3.05) is 13.1 Å². The minimum Gasteiger partial charge on any atom is -0.464 e. The Morgan fingerprint density at radius 3 is 2.23 bits per heavy atom. The lowest BCUT2D eigenvalue weighted by molar-refractivity contribution is -0.133. The van der Waals surface area contributed by atoms with Gasteiger partial charge in [0.15, 0.2) is 0 Å². The van der Waals surface area contributed by atoms with Crippen molar-refractivity contribution in [3.63, 3.8) is 0 Å². The van der Waals surface area contributed by atoms with E-state index >= 15 is 0 Å². The van der Waals surface area contributed by atoms with Crippen LogP contribution in [0.1, 0.15) is 40.8 Å². The zero-order valence-electron chi connectivity index (χ0n) is 17.9. The monoisotopic (exact) mass is 482 g/mol. The third-order valence-electron chi connectivity index (χ3n) is 4.91. The van der Waals surface area contributed by atoms with Crippen molar-refractivity contribution >= 4 is 27.7 Å². The van der Waals surface area contributed by atoms with Gasteiger partial charge in [-0.3, -0.25) is 9.59 Å². The Kier molecular flexibility index (Phi) is 8.06. The van der Waals surface area contributed by atoms with Crippen LogP contribution < -0.4 is 0 Å². The number of halogens is 1. The Labute approximate surface area is 191 Å². The molecule has 0 N–H and O–H groups in total. The summed E-state index contributed by atoms with van der Waals surface area (Å²) < 4.78 is 6.61. The fourth-order valence-corrected chi connectivity index (χ4v) is 3.62. The van der Waals surface area contributed by atoms with Gasteiger partial charge >= 0.3 is 0 Å². The van der Waals surface area contributed by atoms with E-state index < -0.39 is 0 Å². The SMILES string of the molecule is CCCN(CC(=O)N(Cc1ccccc1)Cc1ccc(C)o1)C(=O)c1ccc(Br)cc1. The predicted octanol–water partition coefficient (Wildman–Crippen LogP) is 5.43. The van der Waals surface area contributed by atoms with Crippen LogP contribution in [0.3, 0.4) is 0 Å². The van der Waals surface area contributed by atoms with Gasteiger partial charge in [-0.25, -0.2) is 0 Å². The van der Waals surface area contributed by atoms with Gasteiger partial charge in [0.25, 0.3) is 5.91 Å². The maximum atomic E-state index is 13.3. The summed E-state index contributed by atoms with van der Waals surface area (Å²) in [6.07, 6.45) is 0.769. The molecule has 1 aromatic heterocycles. The number of benzene rings is 2. The molecule has 0 unspecified atom stereocenters. The van der Waals surface area contributed by atoms with Crippen LogP contribution in [0.2, 0.25) is 0 Å². The summed E-state index contributed by atoms with van der Waals surface area (Å²) in [5.41, 5.74) is 1.60. The van der Waals surface area contributed by atoms with Crippen molar-refractivity contribution < 1.29 is 14.0 Å². The molecule has 162 valence electrons. The first-order valence-corrected chi connectivity index (χ1v) is 11.2. The molecule has 0 atom stereocenters. The Bertz CT molecular complexity index is 999. The van der Waals surface area contributed by atoms with E-state index in [0.29, 0.717) is 25.2 Å². The normalized spacial score (nSPS) is 10.7. The summed E-state index contributed by atoms with van der Waals surface area (Å²) in [5.74, 6) is 1.27. The van der Waals surface area contributed by atoms with Gasteiger partial charge in [0, 0.05) is 23.1 Å². The number of furan rings is 1. The molecule has 0 spiro atoms. The largest absolute Gasteiger partial charge is 0.464 e. The van der Waals surface area contributed by atoms with E-state index in [1.165, 1.54) is 0 Å². The highest BCUT2D eigenvalue weighted by molar-refractivity contribution is 9.10. The van der Waals surface area contributed by atoms with Crippen molar-refractivity contribution in [2.45, 2.75) is 33.4 Å². The van der Waals surface area contributed by atoms with Crippen molar-refractivity contribution in [1.82, 2.24) is 9.80 Å². The van der Waals surface area contributed by atoms with Crippen molar-refractivity contribution in [1.29, 1.82) is 0 Å². The predicted molar refractivity (Wildman–Crippen MR) is 124 cm³/mol. The Morgan fingerprint density at radius 2 is 1.61 bits per heavy atom. The highest BCUT2D eigenvalue weighted by atomic mass is 79.9. The van der Waals surface area contributed by atoms with Gasteiger partial charge in [0.1, 0.15) is 18.1 Å². The van der Waals surface area contributed by atoms with Crippen LogP contribution in [0.4, 0.5) is 0 Å². The average molecular weight is 483 g/mol. The van der Waals surface area contributed by atoms with Crippen molar-refractivity contribution in [2.24, 2.45) is 0 Å². The van der Waals surface area contributed by atoms with E-state index in [4.69, 9.17) is 4.42 Å². The first-order valence-electron chi connectivity index (χ1n) is 10.4. The quantitative estimate of drug-likeness (QED) is 0.408. The molecule has 0 saturated carbocycles. The molecule has 0 aliphatic carbocycles. The van der Waals surface area contributed by atoms with Gasteiger partial charge in [-0.15, -0.1) is 0 Å². The van der Waals surface area contributed by atoms with Crippen LogP contribution in [0, 0.1) is 6.92 Å². The number of carbonyl (C=O) groups excluding carboxylic acids is 2. The van der Waals surface area contributed by atoms with Gasteiger partial charge in [-0.05, 0) is 55.3 Å². The fraction of sp³-hybridized carbons (Fsp3) is 0.280. The highest BCUT2D eigenvalue weighted by Crippen LogP contribution is 2.16. The summed E-state index contributed by atoms with van der Waals surface area (Å²) >= 11 is 3.39. The minimum absolute atomic E-state index is 0.0231. The molecule has 1 heterocycles. The summed E-state index contributed by atoms with van der Waals surface area (Å²) in [5, 5.41) is 0. The lowest BCUT2D eigenvalue weighted by atomic mass is 10.2. The molecule has 0 saturated heterocycles. The Balaban J connectivity index is 1.78. The zero-order valence-corrected chi connectivity index (χ0v) is 19.5. The highest BCUT2D eigenvalue weighted by Gasteiger charge is 2.23. The Hall–Kier alpha value is -2.86. The minimum atomic E-state index is -0.142. The fourth-order valence-electron chi connectivity index (χ4n) is 3.35. The second kappa shape index (κ2) is 11.0. The zero-order chi connectivity index (χ0) is 22.2. The summed E-state index contributed by atoms with van der Waals surface area (Å²) in [7, 11) is 0. The molecule has 0 aliphatic heterocycles. The first-order chi connectivity index (χ1) is 15.0. The number of nitrogens with zero attached hydrogens (tertiary/aromatic N) is 2. The van der Waals surface area contributed by atoms with E-state index in [1.54, 1.807) is 21.9 Å². The number of aryl methyl sites for hydroxylation is 1. The van der Waals surface area contributed by atoms with Crippen LogP contribution >= 0.6 is 15.9 Å². The molecule has 2 amide bonds. The first kappa shape index (κ1) is 22.8. The molecule has 0 aliphatic rings. The number of amides is 2. The van der Waals surface area contributed by atoms with Crippen LogP contribution in [0.25, 0.3) is 0 Å². The van der Waals surface area contributed by atoms with E-state index in [2.05, 4.69) is 15.9 Å². The smallest absolute Gasteiger partial charge is 0.254 e. The van der Waals surface area contributed by atoms with E-state index in [0.717, 1.165) is 28.0 Å². The average Bonchev–Trinajstić information content (AvgIpc) is 3.18. The molecule has 6 heteroatoms. The number of hydrogen-bond acceptors (Lipinski definition) is 3. The van der Waals surface area contributed by atoms with E-state index in [9.17, 15) is 9.59 Å². The van der Waals surface area contributed by atoms with Crippen molar-refractivity contribution in [3.05, 3.63) is 93.9 Å². The Morgan fingerprint density at radius 1 is 0.903 bits per heavy atom. The van der Waals surface area contributed by atoms with Crippen LogP contribution in [0.15, 0.2) is 75.6 Å². The molecule has 3 aromatic rings. The second-order valence-corrected chi connectivity index (χ2v) is 8.40. The van der Waals surface area contributed by atoms with Gasteiger partial charge in [0.2, 0.25) is 5.91 Å². The number of hydrogen-bond donors (Lipinski definition) is 0. The maximum absolute atomic E-state index is 13.3. The van der Waals surface area contributed by atoms with Crippen LogP contribution in [-0.4, -0.2) is 34.7 Å². The molecule has 31 heavy (non-hydrogen) atoms. The molecular formula is C25H27BrN2O3. The molecule has 3 rings (SSSR count). The third-order valence-corrected chi connectivity index (χ3v) is 5.44.